The van der Waals surface area contributed by atoms with Gasteiger partial charge in [-0.15, -0.1) is 0 Å². The Balaban J connectivity index is 1.73. The maximum absolute atomic E-state index is 2.63. The second-order valence-electron chi connectivity index (χ2n) is 5.27. The zero-order valence-electron chi connectivity index (χ0n) is 11.6. The molecule has 0 N–H and O–H groups in total. The van der Waals surface area contributed by atoms with Crippen molar-refractivity contribution in [1.82, 2.24) is 9.80 Å². The molecule has 1 aromatic carbocycles. The summed E-state index contributed by atoms with van der Waals surface area (Å²) in [4.78, 5) is 5.24. The molecule has 0 saturated carbocycles. The Kier molecular flexibility index (Phi) is 5.69. The fourth-order valence-electron chi connectivity index (χ4n) is 2.72. The fourth-order valence-corrected chi connectivity index (χ4v) is 2.72. The van der Waals surface area contributed by atoms with Gasteiger partial charge in [0.1, 0.15) is 0 Å². The fraction of sp³-hybridized carbons (Fsp3) is 0.625. The molecule has 1 aromatic rings. The molecule has 0 aromatic heterocycles. The first-order valence-corrected chi connectivity index (χ1v) is 7.37. The van der Waals surface area contributed by atoms with Crippen LogP contribution in [0, 0.1) is 0 Å². The number of hydrogen-bond donors (Lipinski definition) is 0. The van der Waals surface area contributed by atoms with Gasteiger partial charge in [-0.25, -0.2) is 0 Å². The topological polar surface area (TPSA) is 6.48 Å². The van der Waals surface area contributed by atoms with Crippen LogP contribution in [0.2, 0.25) is 0 Å². The highest BCUT2D eigenvalue weighted by atomic mass is 15.2. The van der Waals surface area contributed by atoms with Gasteiger partial charge < -0.3 is 9.80 Å². The molecule has 1 aliphatic rings. The van der Waals surface area contributed by atoms with Gasteiger partial charge in [-0.3, -0.25) is 0 Å². The summed E-state index contributed by atoms with van der Waals surface area (Å²) < 4.78 is 0. The predicted octanol–water partition coefficient (Wildman–Crippen LogP) is 2.65. The van der Waals surface area contributed by atoms with Crippen LogP contribution in [0.1, 0.15) is 25.3 Å². The monoisotopic (exact) mass is 246 g/mol. The first kappa shape index (κ1) is 13.6. The van der Waals surface area contributed by atoms with Crippen molar-refractivity contribution < 1.29 is 0 Å². The third kappa shape index (κ3) is 4.43. The first-order valence-electron chi connectivity index (χ1n) is 7.37. The average Bonchev–Trinajstić information content (AvgIpc) is 2.64. The molecule has 0 aliphatic carbocycles. The summed E-state index contributed by atoms with van der Waals surface area (Å²) in [5.74, 6) is 0. The molecule has 0 bridgehead atoms. The Labute approximate surface area is 112 Å². The quantitative estimate of drug-likeness (QED) is 0.788. The van der Waals surface area contributed by atoms with Crippen molar-refractivity contribution in [2.45, 2.75) is 26.2 Å². The molecule has 1 heterocycles. The Morgan fingerprint density at radius 2 is 1.56 bits per heavy atom. The summed E-state index contributed by atoms with van der Waals surface area (Å²) in [7, 11) is 0. The van der Waals surface area contributed by atoms with Crippen LogP contribution in [0.5, 0.6) is 0 Å². The van der Waals surface area contributed by atoms with Gasteiger partial charge >= 0.3 is 0 Å². The molecule has 0 unspecified atom stereocenters. The lowest BCUT2D eigenvalue weighted by atomic mass is 10.1. The van der Waals surface area contributed by atoms with Gasteiger partial charge in [0.2, 0.25) is 0 Å². The minimum atomic E-state index is 1.19. The maximum Gasteiger partial charge on any atom is 0.0109 e. The summed E-state index contributed by atoms with van der Waals surface area (Å²) in [6, 6.07) is 10.8. The standard InChI is InChI=1S/C16H26N2/c1-2-10-17-11-6-12-18(15-14-17)13-9-16-7-4-3-5-8-16/h3-5,7-8H,2,6,9-15H2,1H3. The highest BCUT2D eigenvalue weighted by Crippen LogP contribution is 2.06. The Morgan fingerprint density at radius 3 is 2.22 bits per heavy atom. The van der Waals surface area contributed by atoms with Crippen molar-refractivity contribution in [1.29, 1.82) is 0 Å². The van der Waals surface area contributed by atoms with Crippen molar-refractivity contribution in [3.8, 4) is 0 Å². The normalized spacial score (nSPS) is 18.7. The second-order valence-corrected chi connectivity index (χ2v) is 5.27. The maximum atomic E-state index is 2.63. The minimum Gasteiger partial charge on any atom is -0.302 e. The molecule has 1 aliphatic heterocycles. The number of benzene rings is 1. The molecule has 2 heteroatoms. The van der Waals surface area contributed by atoms with Gasteiger partial charge in [0.05, 0.1) is 0 Å². The number of rotatable bonds is 5. The molecule has 0 amide bonds. The van der Waals surface area contributed by atoms with E-state index in [1.165, 1.54) is 64.1 Å². The van der Waals surface area contributed by atoms with Crippen LogP contribution in [-0.4, -0.2) is 49.1 Å². The second kappa shape index (κ2) is 7.55. The van der Waals surface area contributed by atoms with Gasteiger partial charge in [-0.1, -0.05) is 37.3 Å². The van der Waals surface area contributed by atoms with Gasteiger partial charge in [0, 0.05) is 19.6 Å². The van der Waals surface area contributed by atoms with E-state index in [1.807, 2.05) is 0 Å². The highest BCUT2D eigenvalue weighted by Gasteiger charge is 2.13. The Bertz CT molecular complexity index is 323. The third-order valence-electron chi connectivity index (χ3n) is 3.78. The van der Waals surface area contributed by atoms with Crippen molar-refractivity contribution in [3.05, 3.63) is 35.9 Å². The van der Waals surface area contributed by atoms with Gasteiger partial charge in [0.15, 0.2) is 0 Å². The van der Waals surface area contributed by atoms with E-state index in [0.29, 0.717) is 0 Å². The number of nitrogens with zero attached hydrogens (tertiary/aromatic N) is 2. The summed E-state index contributed by atoms with van der Waals surface area (Å²) in [5, 5.41) is 0. The van der Waals surface area contributed by atoms with E-state index in [4.69, 9.17) is 0 Å². The highest BCUT2D eigenvalue weighted by molar-refractivity contribution is 5.14. The van der Waals surface area contributed by atoms with Crippen molar-refractivity contribution in [2.24, 2.45) is 0 Å². The van der Waals surface area contributed by atoms with Crippen LogP contribution in [0.25, 0.3) is 0 Å². The van der Waals surface area contributed by atoms with E-state index in [9.17, 15) is 0 Å². The molecular formula is C16H26N2. The van der Waals surface area contributed by atoms with Crippen LogP contribution in [-0.2, 0) is 6.42 Å². The molecule has 18 heavy (non-hydrogen) atoms. The van der Waals surface area contributed by atoms with Gasteiger partial charge in [-0.05, 0) is 44.5 Å². The molecule has 0 spiro atoms. The Morgan fingerprint density at radius 1 is 0.889 bits per heavy atom. The molecule has 2 rings (SSSR count). The molecule has 1 fully saturated rings. The smallest absolute Gasteiger partial charge is 0.0109 e. The van der Waals surface area contributed by atoms with E-state index in [1.54, 1.807) is 0 Å². The van der Waals surface area contributed by atoms with Gasteiger partial charge in [-0.2, -0.15) is 0 Å². The van der Waals surface area contributed by atoms with E-state index >= 15 is 0 Å². The third-order valence-corrected chi connectivity index (χ3v) is 3.78. The summed E-state index contributed by atoms with van der Waals surface area (Å²) in [5.41, 5.74) is 1.46. The van der Waals surface area contributed by atoms with Crippen LogP contribution >= 0.6 is 0 Å². The van der Waals surface area contributed by atoms with Crippen LogP contribution < -0.4 is 0 Å². The van der Waals surface area contributed by atoms with Crippen LogP contribution in [0.3, 0.4) is 0 Å². The largest absolute Gasteiger partial charge is 0.302 e. The van der Waals surface area contributed by atoms with E-state index in [2.05, 4.69) is 47.1 Å². The lowest BCUT2D eigenvalue weighted by Crippen LogP contribution is -2.32. The SMILES string of the molecule is CCCN1CCCN(CCc2ccccc2)CC1. The van der Waals surface area contributed by atoms with Crippen LogP contribution in [0.15, 0.2) is 30.3 Å². The zero-order valence-corrected chi connectivity index (χ0v) is 11.6. The average molecular weight is 246 g/mol. The zero-order chi connectivity index (χ0) is 12.6. The van der Waals surface area contributed by atoms with Gasteiger partial charge in [0.25, 0.3) is 0 Å². The van der Waals surface area contributed by atoms with Crippen LogP contribution in [0.4, 0.5) is 0 Å². The molecule has 1 saturated heterocycles. The molecular weight excluding hydrogens is 220 g/mol. The lowest BCUT2D eigenvalue weighted by molar-refractivity contribution is 0.258. The Hall–Kier alpha value is -0.860. The van der Waals surface area contributed by atoms with E-state index in [-0.39, 0.29) is 0 Å². The van der Waals surface area contributed by atoms with Crippen molar-refractivity contribution in [2.75, 3.05) is 39.3 Å². The lowest BCUT2D eigenvalue weighted by Gasteiger charge is -2.21. The van der Waals surface area contributed by atoms with Crippen molar-refractivity contribution >= 4 is 0 Å². The molecule has 100 valence electrons. The molecule has 0 atom stereocenters. The van der Waals surface area contributed by atoms with E-state index in [0.717, 1.165) is 0 Å². The molecule has 0 radical (unpaired) electrons. The van der Waals surface area contributed by atoms with Crippen molar-refractivity contribution in [3.63, 3.8) is 0 Å². The summed E-state index contributed by atoms with van der Waals surface area (Å²) in [6.45, 7) is 9.81. The molecule has 2 nitrogen and oxygen atoms in total. The summed E-state index contributed by atoms with van der Waals surface area (Å²) >= 11 is 0. The minimum absolute atomic E-state index is 1.19. The number of hydrogen-bond acceptors (Lipinski definition) is 2. The summed E-state index contributed by atoms with van der Waals surface area (Å²) in [6.07, 6.45) is 3.80. The predicted molar refractivity (Wildman–Crippen MR) is 77.9 cm³/mol. The first-order chi connectivity index (χ1) is 8.88. The van der Waals surface area contributed by atoms with E-state index < -0.39 is 0 Å².